The summed E-state index contributed by atoms with van der Waals surface area (Å²) in [6.45, 7) is 2.32. The summed E-state index contributed by atoms with van der Waals surface area (Å²) >= 11 is 0. The van der Waals surface area contributed by atoms with Crippen LogP contribution in [0, 0.1) is 5.92 Å². The number of aliphatic carboxylic acids is 1. The van der Waals surface area contributed by atoms with Gasteiger partial charge in [-0.3, -0.25) is 0 Å². The average Bonchev–Trinajstić information content (AvgIpc) is 2.91. The number of benzene rings is 2. The molecule has 5 nitrogen and oxygen atoms in total. The summed E-state index contributed by atoms with van der Waals surface area (Å²) < 4.78 is 5.60. The Morgan fingerprint density at radius 1 is 1.03 bits per heavy atom. The fraction of sp³-hybridized carbons (Fsp3) is 0.440. The molecule has 4 rings (SSSR count). The molecule has 0 heterocycles. The SMILES string of the molecule is CCC1CCCC(NC(=O)OCC2c3ccccc3-c3ccccc32)(C(=O)O)CC1. The van der Waals surface area contributed by atoms with E-state index in [1.165, 1.54) is 11.1 Å². The number of hydrogen-bond acceptors (Lipinski definition) is 3. The van der Waals surface area contributed by atoms with Crippen molar-refractivity contribution >= 4 is 12.1 Å². The van der Waals surface area contributed by atoms with Crippen molar-refractivity contribution in [3.8, 4) is 11.1 Å². The number of alkyl carbamates (subject to hydrolysis) is 1. The van der Waals surface area contributed by atoms with Gasteiger partial charge in [-0.15, -0.1) is 0 Å². The molecule has 2 aromatic carbocycles. The molecule has 1 saturated carbocycles. The first-order chi connectivity index (χ1) is 14.5. The lowest BCUT2D eigenvalue weighted by Gasteiger charge is -2.29. The van der Waals surface area contributed by atoms with E-state index < -0.39 is 17.6 Å². The van der Waals surface area contributed by atoms with Crippen molar-refractivity contribution in [3.05, 3.63) is 59.7 Å². The Morgan fingerprint density at radius 3 is 2.27 bits per heavy atom. The van der Waals surface area contributed by atoms with Crippen molar-refractivity contribution < 1.29 is 19.4 Å². The Labute approximate surface area is 177 Å². The first kappa shape index (κ1) is 20.5. The van der Waals surface area contributed by atoms with Crippen LogP contribution in [0.4, 0.5) is 4.79 Å². The highest BCUT2D eigenvalue weighted by molar-refractivity contribution is 5.84. The molecule has 1 amide bonds. The van der Waals surface area contributed by atoms with Gasteiger partial charge in [0, 0.05) is 5.92 Å². The van der Waals surface area contributed by atoms with Gasteiger partial charge in [0.25, 0.3) is 0 Å². The number of ether oxygens (including phenoxy) is 1. The third-order valence-electron chi connectivity index (χ3n) is 6.87. The zero-order valence-electron chi connectivity index (χ0n) is 17.4. The summed E-state index contributed by atoms with van der Waals surface area (Å²) in [5.74, 6) is -0.481. The molecule has 0 aromatic heterocycles. The maximum absolute atomic E-state index is 12.7. The lowest BCUT2D eigenvalue weighted by Crippen LogP contribution is -2.54. The number of carboxylic acid groups (broad SMARTS) is 1. The molecule has 1 fully saturated rings. The molecule has 2 unspecified atom stereocenters. The summed E-state index contributed by atoms with van der Waals surface area (Å²) in [6.07, 6.45) is 3.92. The molecule has 0 bridgehead atoms. The fourth-order valence-corrected chi connectivity index (χ4v) is 5.04. The van der Waals surface area contributed by atoms with Gasteiger partial charge in [-0.05, 0) is 47.4 Å². The van der Waals surface area contributed by atoms with Gasteiger partial charge >= 0.3 is 12.1 Å². The molecule has 0 spiro atoms. The number of fused-ring (bicyclic) bond motifs is 3. The second kappa shape index (κ2) is 8.50. The highest BCUT2D eigenvalue weighted by Gasteiger charge is 2.42. The number of rotatable bonds is 5. The first-order valence-electron chi connectivity index (χ1n) is 10.9. The minimum Gasteiger partial charge on any atom is -0.480 e. The Morgan fingerprint density at radius 2 is 1.67 bits per heavy atom. The van der Waals surface area contributed by atoms with Crippen LogP contribution in [0.3, 0.4) is 0 Å². The molecule has 30 heavy (non-hydrogen) atoms. The molecule has 2 N–H and O–H groups in total. The highest BCUT2D eigenvalue weighted by atomic mass is 16.5. The average molecular weight is 408 g/mol. The zero-order valence-corrected chi connectivity index (χ0v) is 17.4. The van der Waals surface area contributed by atoms with Gasteiger partial charge < -0.3 is 15.2 Å². The van der Waals surface area contributed by atoms with Gasteiger partial charge in [0.05, 0.1) is 0 Å². The van der Waals surface area contributed by atoms with Gasteiger partial charge in [-0.2, -0.15) is 0 Å². The smallest absolute Gasteiger partial charge is 0.408 e. The minimum absolute atomic E-state index is 0.0393. The second-order valence-corrected chi connectivity index (χ2v) is 8.54. The zero-order chi connectivity index (χ0) is 21.1. The van der Waals surface area contributed by atoms with Crippen LogP contribution >= 0.6 is 0 Å². The van der Waals surface area contributed by atoms with Crippen molar-refractivity contribution in [1.82, 2.24) is 5.32 Å². The summed E-state index contributed by atoms with van der Waals surface area (Å²) in [4.78, 5) is 24.7. The number of amides is 1. The predicted molar refractivity (Wildman–Crippen MR) is 115 cm³/mol. The van der Waals surface area contributed by atoms with Crippen LogP contribution in [0.1, 0.15) is 62.5 Å². The molecule has 2 atom stereocenters. The maximum atomic E-state index is 12.7. The van der Waals surface area contributed by atoms with Crippen molar-refractivity contribution in [1.29, 1.82) is 0 Å². The molecular formula is C25H29NO4. The maximum Gasteiger partial charge on any atom is 0.408 e. The molecular weight excluding hydrogens is 378 g/mol. The van der Waals surface area contributed by atoms with E-state index in [4.69, 9.17) is 4.74 Å². The third-order valence-corrected chi connectivity index (χ3v) is 6.87. The molecule has 5 heteroatoms. The lowest BCUT2D eigenvalue weighted by atomic mass is 9.89. The van der Waals surface area contributed by atoms with Crippen molar-refractivity contribution in [2.45, 2.75) is 56.9 Å². The van der Waals surface area contributed by atoms with Crippen LogP contribution in [0.25, 0.3) is 11.1 Å². The lowest BCUT2D eigenvalue weighted by molar-refractivity contribution is -0.145. The standard InChI is InChI=1S/C25H29NO4/c1-2-17-8-7-14-25(15-13-17,23(27)28)26-24(29)30-16-22-20-11-5-3-9-18(20)19-10-4-6-12-21(19)22/h3-6,9-12,17,22H,2,7-8,13-16H2,1H3,(H,26,29)(H,27,28). The van der Waals surface area contributed by atoms with Crippen molar-refractivity contribution in [2.24, 2.45) is 5.92 Å². The number of carboxylic acids is 1. The quantitative estimate of drug-likeness (QED) is 0.656. The Kier molecular flexibility index (Phi) is 5.80. The van der Waals surface area contributed by atoms with Crippen LogP contribution < -0.4 is 5.32 Å². The highest BCUT2D eigenvalue weighted by Crippen LogP contribution is 2.44. The Hall–Kier alpha value is -2.82. The monoisotopic (exact) mass is 407 g/mol. The molecule has 0 radical (unpaired) electrons. The van der Waals surface area contributed by atoms with Crippen LogP contribution in [0.5, 0.6) is 0 Å². The van der Waals surface area contributed by atoms with Gasteiger partial charge in [0.2, 0.25) is 0 Å². The van der Waals surface area contributed by atoms with E-state index in [1.807, 2.05) is 24.3 Å². The van der Waals surface area contributed by atoms with Crippen molar-refractivity contribution in [3.63, 3.8) is 0 Å². The van der Waals surface area contributed by atoms with Gasteiger partial charge in [-0.1, -0.05) is 74.7 Å². The molecule has 0 saturated heterocycles. The number of nitrogens with one attached hydrogen (secondary N) is 1. The van der Waals surface area contributed by atoms with E-state index >= 15 is 0 Å². The number of carbonyl (C=O) groups excluding carboxylic acids is 1. The minimum atomic E-state index is -1.23. The largest absolute Gasteiger partial charge is 0.480 e. The Bertz CT molecular complexity index is 895. The molecule has 0 aliphatic heterocycles. The normalized spacial score (nSPS) is 23.2. The van der Waals surface area contributed by atoms with E-state index in [0.717, 1.165) is 36.8 Å². The summed E-state index contributed by atoms with van der Waals surface area (Å²) in [6, 6.07) is 16.3. The number of carbonyl (C=O) groups is 2. The first-order valence-corrected chi connectivity index (χ1v) is 10.9. The van der Waals surface area contributed by atoms with Crippen LogP contribution in [0.2, 0.25) is 0 Å². The molecule has 2 aromatic rings. The third kappa shape index (κ3) is 3.81. The topological polar surface area (TPSA) is 75.6 Å². The Balaban J connectivity index is 1.46. The van der Waals surface area contributed by atoms with Crippen molar-refractivity contribution in [2.75, 3.05) is 6.61 Å². The molecule has 2 aliphatic carbocycles. The van der Waals surface area contributed by atoms with E-state index in [0.29, 0.717) is 18.8 Å². The van der Waals surface area contributed by atoms with E-state index in [9.17, 15) is 14.7 Å². The molecule has 158 valence electrons. The van der Waals surface area contributed by atoms with Gasteiger partial charge in [-0.25, -0.2) is 9.59 Å². The van der Waals surface area contributed by atoms with E-state index in [2.05, 4.69) is 36.5 Å². The summed E-state index contributed by atoms with van der Waals surface area (Å²) in [5.41, 5.74) is 3.38. The van der Waals surface area contributed by atoms with E-state index in [-0.39, 0.29) is 12.5 Å². The van der Waals surface area contributed by atoms with Crippen LogP contribution in [-0.2, 0) is 9.53 Å². The summed E-state index contributed by atoms with van der Waals surface area (Å²) in [5, 5.41) is 12.6. The van der Waals surface area contributed by atoms with Crippen LogP contribution in [0.15, 0.2) is 48.5 Å². The van der Waals surface area contributed by atoms with Gasteiger partial charge in [0.1, 0.15) is 12.1 Å². The molecule has 2 aliphatic rings. The van der Waals surface area contributed by atoms with E-state index in [1.54, 1.807) is 0 Å². The summed E-state index contributed by atoms with van der Waals surface area (Å²) in [7, 11) is 0. The predicted octanol–water partition coefficient (Wildman–Crippen LogP) is 5.34. The fourth-order valence-electron chi connectivity index (χ4n) is 5.04. The number of hydrogen-bond donors (Lipinski definition) is 2. The van der Waals surface area contributed by atoms with Gasteiger partial charge in [0.15, 0.2) is 0 Å². The van der Waals surface area contributed by atoms with Crippen LogP contribution in [-0.4, -0.2) is 29.3 Å². The second-order valence-electron chi connectivity index (χ2n) is 8.54.